The number of benzene rings is 3. The highest BCUT2D eigenvalue weighted by Gasteiger charge is 2.32. The van der Waals surface area contributed by atoms with E-state index >= 15 is 0 Å². The van der Waals surface area contributed by atoms with Crippen molar-refractivity contribution in [1.29, 1.82) is 0 Å². The summed E-state index contributed by atoms with van der Waals surface area (Å²) in [6.45, 7) is 4.79. The summed E-state index contributed by atoms with van der Waals surface area (Å²) in [6.07, 6.45) is 0.699. The Labute approximate surface area is 229 Å². The lowest BCUT2D eigenvalue weighted by Crippen LogP contribution is -2.52. The molecule has 0 aliphatic rings. The van der Waals surface area contributed by atoms with Crippen LogP contribution in [0.2, 0.25) is 0 Å². The highest BCUT2D eigenvalue weighted by atomic mass is 32.2. The number of ether oxygens (including phenoxy) is 1. The van der Waals surface area contributed by atoms with Crippen molar-refractivity contribution in [2.45, 2.75) is 50.7 Å². The molecule has 0 aliphatic carbocycles. The fourth-order valence-electron chi connectivity index (χ4n) is 3.83. The number of amides is 2. The van der Waals surface area contributed by atoms with Gasteiger partial charge in [-0.3, -0.25) is 13.9 Å². The third kappa shape index (κ3) is 7.57. The fourth-order valence-corrected chi connectivity index (χ4v) is 5.27. The van der Waals surface area contributed by atoms with E-state index in [1.807, 2.05) is 13.8 Å². The molecule has 10 heteroatoms. The van der Waals surface area contributed by atoms with Crippen molar-refractivity contribution in [2.24, 2.45) is 0 Å². The van der Waals surface area contributed by atoms with Crippen LogP contribution in [0.1, 0.15) is 32.8 Å². The van der Waals surface area contributed by atoms with E-state index in [-0.39, 0.29) is 29.1 Å². The highest BCUT2D eigenvalue weighted by Crippen LogP contribution is 2.26. The van der Waals surface area contributed by atoms with Crippen molar-refractivity contribution >= 4 is 27.5 Å². The van der Waals surface area contributed by atoms with E-state index in [9.17, 15) is 22.4 Å². The van der Waals surface area contributed by atoms with Gasteiger partial charge in [-0.2, -0.15) is 0 Å². The molecule has 0 radical (unpaired) electrons. The van der Waals surface area contributed by atoms with Crippen LogP contribution in [0.5, 0.6) is 5.75 Å². The van der Waals surface area contributed by atoms with Gasteiger partial charge in [-0.25, -0.2) is 12.8 Å². The lowest BCUT2D eigenvalue weighted by atomic mass is 10.1. The van der Waals surface area contributed by atoms with Gasteiger partial charge in [0.15, 0.2) is 0 Å². The minimum absolute atomic E-state index is 0.0151. The van der Waals surface area contributed by atoms with Crippen molar-refractivity contribution in [3.05, 3.63) is 90.2 Å². The summed E-state index contributed by atoms with van der Waals surface area (Å²) in [4.78, 5) is 28.2. The number of carbonyl (C=O) groups excluding carboxylic acids is 2. The van der Waals surface area contributed by atoms with Gasteiger partial charge >= 0.3 is 0 Å². The monoisotopic (exact) mass is 555 g/mol. The predicted octanol–water partition coefficient (Wildman–Crippen LogP) is 4.36. The average molecular weight is 556 g/mol. The van der Waals surface area contributed by atoms with E-state index in [0.717, 1.165) is 4.31 Å². The van der Waals surface area contributed by atoms with Crippen molar-refractivity contribution in [1.82, 2.24) is 10.2 Å². The van der Waals surface area contributed by atoms with E-state index in [0.29, 0.717) is 17.7 Å². The van der Waals surface area contributed by atoms with Crippen LogP contribution in [0.4, 0.5) is 10.1 Å². The third-order valence-corrected chi connectivity index (χ3v) is 8.19. The van der Waals surface area contributed by atoms with Crippen LogP contribution in [0.25, 0.3) is 0 Å². The molecule has 8 nitrogen and oxygen atoms in total. The first kappa shape index (κ1) is 29.6. The largest absolute Gasteiger partial charge is 0.497 e. The Kier molecular flexibility index (Phi) is 10.1. The van der Waals surface area contributed by atoms with Gasteiger partial charge in [-0.15, -0.1) is 0 Å². The molecule has 0 aromatic heterocycles. The molecule has 2 amide bonds. The summed E-state index contributed by atoms with van der Waals surface area (Å²) in [7, 11) is -2.66. The van der Waals surface area contributed by atoms with Crippen LogP contribution in [0.15, 0.2) is 83.8 Å². The molecule has 0 spiro atoms. The molecular formula is C29H34FN3O5S. The standard InChI is InChI=1S/C29H34FN3O5S/c1-5-21(2)31-29(35)22(3)32(19-23-11-13-24(30)14-12-23)28(34)20-33(25-15-17-26(38-4)18-16-25)39(36,37)27-9-7-6-8-10-27/h6-18,21-22H,5,19-20H2,1-4H3,(H,31,35)/t21-,22+/m0/s1. The number of methoxy groups -OCH3 is 1. The van der Waals surface area contributed by atoms with Gasteiger partial charge < -0.3 is 15.0 Å². The summed E-state index contributed by atoms with van der Waals surface area (Å²) < 4.78 is 47.2. The van der Waals surface area contributed by atoms with Gasteiger partial charge in [0, 0.05) is 12.6 Å². The number of hydrogen-bond acceptors (Lipinski definition) is 5. The lowest BCUT2D eigenvalue weighted by Gasteiger charge is -2.32. The van der Waals surface area contributed by atoms with E-state index in [2.05, 4.69) is 5.32 Å². The van der Waals surface area contributed by atoms with E-state index in [1.54, 1.807) is 49.4 Å². The first-order valence-electron chi connectivity index (χ1n) is 12.6. The maximum absolute atomic E-state index is 13.8. The quantitative estimate of drug-likeness (QED) is 0.358. The number of carbonyl (C=O) groups is 2. The van der Waals surface area contributed by atoms with Crippen LogP contribution in [-0.4, -0.2) is 50.9 Å². The Morgan fingerprint density at radius 1 is 0.949 bits per heavy atom. The van der Waals surface area contributed by atoms with Crippen LogP contribution in [-0.2, 0) is 26.2 Å². The molecule has 0 unspecified atom stereocenters. The molecule has 0 aliphatic heterocycles. The molecule has 2 atom stereocenters. The molecule has 208 valence electrons. The highest BCUT2D eigenvalue weighted by molar-refractivity contribution is 7.92. The third-order valence-electron chi connectivity index (χ3n) is 6.40. The Bertz CT molecular complexity index is 1350. The zero-order valence-corrected chi connectivity index (χ0v) is 23.3. The molecule has 0 saturated heterocycles. The second-order valence-electron chi connectivity index (χ2n) is 9.16. The van der Waals surface area contributed by atoms with E-state index in [4.69, 9.17) is 4.74 Å². The topological polar surface area (TPSA) is 96.0 Å². The number of hydrogen-bond donors (Lipinski definition) is 1. The number of rotatable bonds is 12. The molecule has 0 fully saturated rings. The summed E-state index contributed by atoms with van der Waals surface area (Å²) in [5.74, 6) is -0.877. The molecule has 0 heterocycles. The smallest absolute Gasteiger partial charge is 0.264 e. The summed E-state index contributed by atoms with van der Waals surface area (Å²) in [5.41, 5.74) is 0.848. The van der Waals surface area contributed by atoms with Crippen molar-refractivity contribution in [2.75, 3.05) is 18.0 Å². The molecule has 3 aromatic rings. The SMILES string of the molecule is CC[C@H](C)NC(=O)[C@@H](C)N(Cc1ccc(F)cc1)C(=O)CN(c1ccc(OC)cc1)S(=O)(=O)c1ccccc1. The van der Waals surface area contributed by atoms with Gasteiger partial charge in [-0.1, -0.05) is 37.3 Å². The Hall–Kier alpha value is -3.92. The average Bonchev–Trinajstić information content (AvgIpc) is 2.95. The molecular weight excluding hydrogens is 521 g/mol. The number of nitrogens with one attached hydrogen (secondary N) is 1. The maximum Gasteiger partial charge on any atom is 0.264 e. The van der Waals surface area contributed by atoms with Crippen molar-refractivity contribution < 1.29 is 27.1 Å². The molecule has 3 rings (SSSR count). The summed E-state index contributed by atoms with van der Waals surface area (Å²) in [6, 6.07) is 18.7. The van der Waals surface area contributed by atoms with E-state index in [1.165, 1.54) is 48.4 Å². The number of halogens is 1. The first-order chi connectivity index (χ1) is 18.6. The van der Waals surface area contributed by atoms with Crippen molar-refractivity contribution in [3.63, 3.8) is 0 Å². The normalized spacial score (nSPS) is 12.7. The molecule has 0 saturated carbocycles. The zero-order valence-electron chi connectivity index (χ0n) is 22.5. The van der Waals surface area contributed by atoms with Gasteiger partial charge in [-0.05, 0) is 74.4 Å². The number of anilines is 1. The molecule has 3 aromatic carbocycles. The second kappa shape index (κ2) is 13.2. The Morgan fingerprint density at radius 3 is 2.13 bits per heavy atom. The van der Waals surface area contributed by atoms with Crippen LogP contribution >= 0.6 is 0 Å². The molecule has 0 bridgehead atoms. The van der Waals surface area contributed by atoms with Crippen LogP contribution in [0, 0.1) is 5.82 Å². The van der Waals surface area contributed by atoms with Gasteiger partial charge in [0.1, 0.15) is 24.2 Å². The predicted molar refractivity (Wildman–Crippen MR) is 148 cm³/mol. The number of nitrogens with zero attached hydrogens (tertiary/aromatic N) is 2. The minimum Gasteiger partial charge on any atom is -0.497 e. The maximum atomic E-state index is 13.8. The van der Waals surface area contributed by atoms with Crippen LogP contribution in [0.3, 0.4) is 0 Å². The van der Waals surface area contributed by atoms with E-state index < -0.39 is 34.3 Å². The number of sulfonamides is 1. The second-order valence-corrected chi connectivity index (χ2v) is 11.0. The van der Waals surface area contributed by atoms with Gasteiger partial charge in [0.05, 0.1) is 17.7 Å². The van der Waals surface area contributed by atoms with Gasteiger partial charge in [0.2, 0.25) is 11.8 Å². The Balaban J connectivity index is 2.01. The molecule has 1 N–H and O–H groups in total. The summed E-state index contributed by atoms with van der Waals surface area (Å²) in [5, 5.41) is 2.87. The van der Waals surface area contributed by atoms with Crippen LogP contribution < -0.4 is 14.4 Å². The zero-order chi connectivity index (χ0) is 28.6. The fraction of sp³-hybridized carbons (Fsp3) is 0.310. The summed E-state index contributed by atoms with van der Waals surface area (Å²) >= 11 is 0. The van der Waals surface area contributed by atoms with Crippen molar-refractivity contribution in [3.8, 4) is 5.75 Å². The first-order valence-corrected chi connectivity index (χ1v) is 14.1. The Morgan fingerprint density at radius 2 is 1.56 bits per heavy atom. The van der Waals surface area contributed by atoms with Gasteiger partial charge in [0.25, 0.3) is 10.0 Å². The molecule has 39 heavy (non-hydrogen) atoms. The minimum atomic E-state index is -4.15. The lowest BCUT2D eigenvalue weighted by molar-refractivity contribution is -0.139.